The largest absolute Gasteiger partial charge is 0.363 e. The number of hydrogen-bond donors (Lipinski definition) is 0. The summed E-state index contributed by atoms with van der Waals surface area (Å²) in [5.41, 5.74) is 1.97. The molecule has 1 aliphatic carbocycles. The van der Waals surface area contributed by atoms with E-state index < -0.39 is 0 Å². The second kappa shape index (κ2) is 6.37. The van der Waals surface area contributed by atoms with Gasteiger partial charge < -0.3 is 4.90 Å². The van der Waals surface area contributed by atoms with Crippen LogP contribution in [0.1, 0.15) is 38.2 Å². The van der Waals surface area contributed by atoms with Crippen molar-refractivity contribution >= 4 is 27.3 Å². The highest BCUT2D eigenvalue weighted by Gasteiger charge is 2.32. The Morgan fingerprint density at radius 1 is 1.47 bits per heavy atom. The maximum atomic E-state index is 11.3. The molecule has 0 unspecified atom stereocenters. The van der Waals surface area contributed by atoms with Crippen LogP contribution in [-0.2, 0) is 5.33 Å². The minimum Gasteiger partial charge on any atom is -0.363 e. The zero-order chi connectivity index (χ0) is 13.8. The molecule has 0 aromatic heterocycles. The number of anilines is 1. The third-order valence-electron chi connectivity index (χ3n) is 3.44. The van der Waals surface area contributed by atoms with Crippen molar-refractivity contribution in [2.24, 2.45) is 0 Å². The normalized spacial score (nSPS) is 14.4. The van der Waals surface area contributed by atoms with Gasteiger partial charge in [-0.2, -0.15) is 0 Å². The van der Waals surface area contributed by atoms with E-state index in [9.17, 15) is 10.1 Å². The third kappa shape index (κ3) is 3.47. The highest BCUT2D eigenvalue weighted by atomic mass is 79.9. The number of benzene rings is 1. The summed E-state index contributed by atoms with van der Waals surface area (Å²) < 4.78 is 0. The van der Waals surface area contributed by atoms with Crippen LogP contribution in [0.15, 0.2) is 18.2 Å². The number of unbranched alkanes of at least 4 members (excludes halogenated alkanes) is 1. The summed E-state index contributed by atoms with van der Waals surface area (Å²) >= 11 is 3.35. The first-order valence-electron chi connectivity index (χ1n) is 6.77. The van der Waals surface area contributed by atoms with Gasteiger partial charge in [-0.15, -0.1) is 0 Å². The second-order valence-electron chi connectivity index (χ2n) is 4.99. The minimum atomic E-state index is -0.261. The molecule has 104 valence electrons. The Morgan fingerprint density at radius 3 is 2.74 bits per heavy atom. The van der Waals surface area contributed by atoms with Crippen LogP contribution in [0.3, 0.4) is 0 Å². The van der Waals surface area contributed by atoms with Gasteiger partial charge in [-0.25, -0.2) is 0 Å². The maximum Gasteiger partial charge on any atom is 0.292 e. The molecular weight excluding hydrogens is 308 g/mol. The lowest BCUT2D eigenvalue weighted by Crippen LogP contribution is -2.27. The molecule has 0 radical (unpaired) electrons. The Hall–Kier alpha value is -1.10. The van der Waals surface area contributed by atoms with E-state index in [4.69, 9.17) is 0 Å². The van der Waals surface area contributed by atoms with Gasteiger partial charge in [0.15, 0.2) is 0 Å². The Kier molecular flexibility index (Phi) is 4.80. The van der Waals surface area contributed by atoms with Gasteiger partial charge in [-0.05, 0) is 30.9 Å². The summed E-state index contributed by atoms with van der Waals surface area (Å²) in [6.07, 6.45) is 4.49. The van der Waals surface area contributed by atoms with Crippen molar-refractivity contribution in [3.8, 4) is 0 Å². The highest BCUT2D eigenvalue weighted by molar-refractivity contribution is 9.08. The lowest BCUT2D eigenvalue weighted by molar-refractivity contribution is -0.384. The smallest absolute Gasteiger partial charge is 0.292 e. The van der Waals surface area contributed by atoms with Gasteiger partial charge in [-0.1, -0.05) is 35.3 Å². The second-order valence-corrected chi connectivity index (χ2v) is 5.55. The zero-order valence-electron chi connectivity index (χ0n) is 11.1. The van der Waals surface area contributed by atoms with E-state index in [1.54, 1.807) is 6.07 Å². The summed E-state index contributed by atoms with van der Waals surface area (Å²) in [5.74, 6) is 0. The molecule has 0 aliphatic heterocycles. The SMILES string of the molecule is CCCCN(c1ccc(CBr)cc1[N+](=O)[O-])C1CC1. The van der Waals surface area contributed by atoms with E-state index in [-0.39, 0.29) is 10.6 Å². The first-order chi connectivity index (χ1) is 9.17. The van der Waals surface area contributed by atoms with Gasteiger partial charge in [0.1, 0.15) is 5.69 Å². The predicted molar refractivity (Wildman–Crippen MR) is 81.0 cm³/mol. The molecule has 1 aromatic carbocycles. The molecule has 4 nitrogen and oxygen atoms in total. The monoisotopic (exact) mass is 326 g/mol. The molecule has 0 heterocycles. The molecule has 0 saturated heterocycles. The van der Waals surface area contributed by atoms with Gasteiger partial charge in [0.25, 0.3) is 5.69 Å². The van der Waals surface area contributed by atoms with Gasteiger partial charge in [0.2, 0.25) is 0 Å². The predicted octanol–water partition coefficient (Wildman–Crippen LogP) is 4.26. The molecule has 19 heavy (non-hydrogen) atoms. The molecule has 0 spiro atoms. The van der Waals surface area contributed by atoms with Crippen molar-refractivity contribution in [2.45, 2.75) is 44.0 Å². The molecule has 0 amide bonds. The molecular formula is C14H19BrN2O2. The highest BCUT2D eigenvalue weighted by Crippen LogP contribution is 2.37. The fourth-order valence-electron chi connectivity index (χ4n) is 2.26. The summed E-state index contributed by atoms with van der Waals surface area (Å²) in [6.45, 7) is 3.06. The number of hydrogen-bond acceptors (Lipinski definition) is 3. The molecule has 1 saturated carbocycles. The average molecular weight is 327 g/mol. The first kappa shape index (κ1) is 14.3. The quantitative estimate of drug-likeness (QED) is 0.427. The first-order valence-corrected chi connectivity index (χ1v) is 7.89. The Bertz CT molecular complexity index is 461. The lowest BCUT2D eigenvalue weighted by atomic mass is 10.1. The van der Waals surface area contributed by atoms with Crippen LogP contribution < -0.4 is 4.90 Å². The standard InChI is InChI=1S/C14H19BrN2O2/c1-2-3-8-16(12-5-6-12)13-7-4-11(10-15)9-14(13)17(18)19/h4,7,9,12H,2-3,5-6,8,10H2,1H3. The van der Waals surface area contributed by atoms with E-state index >= 15 is 0 Å². The summed E-state index contributed by atoms with van der Waals surface area (Å²) in [6, 6.07) is 6.06. The lowest BCUT2D eigenvalue weighted by Gasteiger charge is -2.24. The molecule has 1 fully saturated rings. The van der Waals surface area contributed by atoms with E-state index in [0.717, 1.165) is 43.5 Å². The van der Waals surface area contributed by atoms with Crippen molar-refractivity contribution in [2.75, 3.05) is 11.4 Å². The van der Waals surface area contributed by atoms with Crippen LogP contribution in [0.4, 0.5) is 11.4 Å². The van der Waals surface area contributed by atoms with E-state index in [2.05, 4.69) is 27.8 Å². The Balaban J connectivity index is 2.32. The van der Waals surface area contributed by atoms with E-state index in [1.165, 1.54) is 0 Å². The molecule has 0 atom stereocenters. The zero-order valence-corrected chi connectivity index (χ0v) is 12.7. The van der Waals surface area contributed by atoms with Crippen LogP contribution in [0.2, 0.25) is 0 Å². The summed E-state index contributed by atoms with van der Waals surface area (Å²) in [5, 5.41) is 11.9. The van der Waals surface area contributed by atoms with Crippen molar-refractivity contribution in [3.05, 3.63) is 33.9 Å². The molecule has 2 rings (SSSR count). The van der Waals surface area contributed by atoms with Crippen LogP contribution >= 0.6 is 15.9 Å². The number of halogens is 1. The third-order valence-corrected chi connectivity index (χ3v) is 4.09. The van der Waals surface area contributed by atoms with Crippen LogP contribution in [0, 0.1) is 10.1 Å². The van der Waals surface area contributed by atoms with Gasteiger partial charge >= 0.3 is 0 Å². The fourth-order valence-corrected chi connectivity index (χ4v) is 2.60. The van der Waals surface area contributed by atoms with Gasteiger partial charge in [-0.3, -0.25) is 10.1 Å². The minimum absolute atomic E-state index is 0.236. The number of nitro benzene ring substituents is 1. The number of alkyl halides is 1. The maximum absolute atomic E-state index is 11.3. The topological polar surface area (TPSA) is 46.4 Å². The average Bonchev–Trinajstić information content (AvgIpc) is 3.23. The van der Waals surface area contributed by atoms with Crippen molar-refractivity contribution < 1.29 is 4.92 Å². The van der Waals surface area contributed by atoms with Gasteiger partial charge in [0.05, 0.1) is 4.92 Å². The molecule has 1 aliphatic rings. The number of nitro groups is 1. The molecule has 0 bridgehead atoms. The van der Waals surface area contributed by atoms with E-state index in [1.807, 2.05) is 12.1 Å². The van der Waals surface area contributed by atoms with Crippen molar-refractivity contribution in [3.63, 3.8) is 0 Å². The van der Waals surface area contributed by atoms with Crippen molar-refractivity contribution in [1.29, 1.82) is 0 Å². The van der Waals surface area contributed by atoms with Crippen LogP contribution in [0.5, 0.6) is 0 Å². The van der Waals surface area contributed by atoms with E-state index in [0.29, 0.717) is 11.4 Å². The number of nitrogens with zero attached hydrogens (tertiary/aromatic N) is 2. The van der Waals surface area contributed by atoms with Crippen LogP contribution in [-0.4, -0.2) is 17.5 Å². The fraction of sp³-hybridized carbons (Fsp3) is 0.571. The Morgan fingerprint density at radius 2 is 2.21 bits per heavy atom. The van der Waals surface area contributed by atoms with Gasteiger partial charge in [0, 0.05) is 24.0 Å². The summed E-state index contributed by atoms with van der Waals surface area (Å²) in [4.78, 5) is 13.2. The number of rotatable bonds is 7. The Labute approximate surface area is 122 Å². The molecule has 0 N–H and O–H groups in total. The summed E-state index contributed by atoms with van der Waals surface area (Å²) in [7, 11) is 0. The van der Waals surface area contributed by atoms with Crippen molar-refractivity contribution in [1.82, 2.24) is 0 Å². The van der Waals surface area contributed by atoms with Crippen LogP contribution in [0.25, 0.3) is 0 Å². The molecule has 1 aromatic rings. The molecule has 5 heteroatoms.